The maximum absolute atomic E-state index is 5.89. The summed E-state index contributed by atoms with van der Waals surface area (Å²) in [5.41, 5.74) is 1.89. The van der Waals surface area contributed by atoms with E-state index in [0.717, 1.165) is 17.0 Å². The normalized spacial score (nSPS) is 12.5. The lowest BCUT2D eigenvalue weighted by Crippen LogP contribution is -2.15. The van der Waals surface area contributed by atoms with Crippen LogP contribution in [0.4, 0.5) is 17.5 Å². The van der Waals surface area contributed by atoms with E-state index < -0.39 is 0 Å². The molecule has 4 rings (SSSR count). The molecule has 132 valence electrons. The average Bonchev–Trinajstić information content (AvgIpc) is 2.68. The van der Waals surface area contributed by atoms with Crippen LogP contribution in [-0.4, -0.2) is 28.4 Å². The minimum atomic E-state index is 0.391. The van der Waals surface area contributed by atoms with Crippen molar-refractivity contribution in [3.05, 3.63) is 59.2 Å². The zero-order chi connectivity index (χ0) is 17.8. The van der Waals surface area contributed by atoms with E-state index in [1.165, 1.54) is 0 Å². The molecule has 2 heterocycles. The van der Waals surface area contributed by atoms with E-state index in [0.29, 0.717) is 42.3 Å². The van der Waals surface area contributed by atoms with Crippen molar-refractivity contribution >= 4 is 29.1 Å². The lowest BCUT2D eigenvalue weighted by atomic mass is 10.2. The second-order valence-electron chi connectivity index (χ2n) is 5.63. The first-order valence-electron chi connectivity index (χ1n) is 8.11. The van der Waals surface area contributed by atoms with Gasteiger partial charge in [-0.25, -0.2) is 0 Å². The first-order chi connectivity index (χ1) is 12.8. The third-order valence-corrected chi connectivity index (χ3v) is 4.00. The molecule has 0 radical (unpaired) electrons. The van der Waals surface area contributed by atoms with Gasteiger partial charge < -0.3 is 20.1 Å². The number of nitrogens with one attached hydrogen (secondary N) is 2. The molecule has 26 heavy (non-hydrogen) atoms. The van der Waals surface area contributed by atoms with Crippen molar-refractivity contribution in [2.24, 2.45) is 0 Å². The number of benzene rings is 2. The predicted octanol–water partition coefficient (Wildman–Crippen LogP) is 3.65. The van der Waals surface area contributed by atoms with E-state index in [2.05, 4.69) is 25.8 Å². The van der Waals surface area contributed by atoms with E-state index in [1.807, 2.05) is 42.5 Å². The standard InChI is InChI=1S/C18H16ClN5O2/c19-13-3-1-12(2-4-13)10-20-17-11-21-24-18(23-17)22-14-5-6-15-16(9-14)26-8-7-25-15/h1-6,9,11H,7-8,10H2,(H2,20,22,23,24). The summed E-state index contributed by atoms with van der Waals surface area (Å²) in [6.45, 7) is 1.71. The number of fused-ring (bicyclic) bond motifs is 1. The van der Waals surface area contributed by atoms with Crippen LogP contribution in [0, 0.1) is 0 Å². The van der Waals surface area contributed by atoms with E-state index in [-0.39, 0.29) is 0 Å². The molecule has 1 aromatic heterocycles. The number of ether oxygens (including phenoxy) is 2. The first-order valence-corrected chi connectivity index (χ1v) is 8.49. The first kappa shape index (κ1) is 16.4. The zero-order valence-corrected chi connectivity index (χ0v) is 14.5. The summed E-state index contributed by atoms with van der Waals surface area (Å²) in [5.74, 6) is 2.45. The molecule has 1 aliphatic rings. The fourth-order valence-electron chi connectivity index (χ4n) is 2.49. The number of anilines is 3. The minimum Gasteiger partial charge on any atom is -0.486 e. The van der Waals surface area contributed by atoms with Crippen LogP contribution in [-0.2, 0) is 6.54 Å². The molecule has 0 amide bonds. The van der Waals surface area contributed by atoms with Gasteiger partial charge in [0.05, 0.1) is 6.20 Å². The summed E-state index contributed by atoms with van der Waals surface area (Å²) < 4.78 is 11.1. The Morgan fingerprint density at radius 3 is 2.65 bits per heavy atom. The Morgan fingerprint density at radius 2 is 1.81 bits per heavy atom. The summed E-state index contributed by atoms with van der Waals surface area (Å²) in [6, 6.07) is 13.2. The van der Waals surface area contributed by atoms with Gasteiger partial charge in [0, 0.05) is 23.3 Å². The van der Waals surface area contributed by atoms with Gasteiger partial charge in [-0.2, -0.15) is 10.1 Å². The van der Waals surface area contributed by atoms with Crippen molar-refractivity contribution in [1.82, 2.24) is 15.2 Å². The van der Waals surface area contributed by atoms with Gasteiger partial charge in [0.2, 0.25) is 5.95 Å². The molecule has 2 N–H and O–H groups in total. The van der Waals surface area contributed by atoms with Crippen LogP contribution in [0.2, 0.25) is 5.02 Å². The third-order valence-electron chi connectivity index (χ3n) is 3.74. The molecule has 3 aromatic rings. The zero-order valence-electron chi connectivity index (χ0n) is 13.8. The molecule has 0 fully saturated rings. The fraction of sp³-hybridized carbons (Fsp3) is 0.167. The lowest BCUT2D eigenvalue weighted by Gasteiger charge is -2.19. The predicted molar refractivity (Wildman–Crippen MR) is 99.3 cm³/mol. The Labute approximate surface area is 155 Å². The van der Waals surface area contributed by atoms with E-state index in [4.69, 9.17) is 21.1 Å². The van der Waals surface area contributed by atoms with Crippen LogP contribution in [0.5, 0.6) is 11.5 Å². The molecule has 0 saturated carbocycles. The van der Waals surface area contributed by atoms with Gasteiger partial charge in [-0.1, -0.05) is 23.7 Å². The van der Waals surface area contributed by atoms with Gasteiger partial charge >= 0.3 is 0 Å². The Bertz CT molecular complexity index is 904. The summed E-state index contributed by atoms with van der Waals surface area (Å²) >= 11 is 5.89. The van der Waals surface area contributed by atoms with E-state index in [9.17, 15) is 0 Å². The molecule has 2 aromatic carbocycles. The molecule has 8 heteroatoms. The second-order valence-corrected chi connectivity index (χ2v) is 6.07. The Morgan fingerprint density at radius 1 is 1.00 bits per heavy atom. The molecule has 0 spiro atoms. The molecule has 0 saturated heterocycles. The van der Waals surface area contributed by atoms with Crippen molar-refractivity contribution in [2.45, 2.75) is 6.54 Å². The summed E-state index contributed by atoms with van der Waals surface area (Å²) in [6.07, 6.45) is 1.57. The van der Waals surface area contributed by atoms with Crippen molar-refractivity contribution in [3.8, 4) is 11.5 Å². The van der Waals surface area contributed by atoms with Crippen LogP contribution >= 0.6 is 11.6 Å². The van der Waals surface area contributed by atoms with Crippen molar-refractivity contribution in [2.75, 3.05) is 23.8 Å². The van der Waals surface area contributed by atoms with Gasteiger partial charge in [-0.3, -0.25) is 0 Å². The lowest BCUT2D eigenvalue weighted by molar-refractivity contribution is 0.171. The molecule has 1 aliphatic heterocycles. The van der Waals surface area contributed by atoms with Crippen molar-refractivity contribution < 1.29 is 9.47 Å². The highest BCUT2D eigenvalue weighted by Crippen LogP contribution is 2.33. The highest BCUT2D eigenvalue weighted by Gasteiger charge is 2.12. The number of hydrogen-bond donors (Lipinski definition) is 2. The van der Waals surface area contributed by atoms with Gasteiger partial charge in [-0.05, 0) is 29.8 Å². The highest BCUT2D eigenvalue weighted by atomic mass is 35.5. The maximum atomic E-state index is 5.89. The quantitative estimate of drug-likeness (QED) is 0.710. The molecular weight excluding hydrogens is 354 g/mol. The van der Waals surface area contributed by atoms with Crippen molar-refractivity contribution in [1.29, 1.82) is 0 Å². The largest absolute Gasteiger partial charge is 0.486 e. The molecule has 0 atom stereocenters. The summed E-state index contributed by atoms with van der Waals surface area (Å²) in [5, 5.41) is 15.0. The van der Waals surface area contributed by atoms with Crippen LogP contribution < -0.4 is 20.1 Å². The summed E-state index contributed by atoms with van der Waals surface area (Å²) in [4.78, 5) is 4.42. The molecular formula is C18H16ClN5O2. The Kier molecular flexibility index (Phi) is 4.70. The van der Waals surface area contributed by atoms with Crippen LogP contribution in [0.25, 0.3) is 0 Å². The Balaban J connectivity index is 1.43. The second kappa shape index (κ2) is 7.45. The third kappa shape index (κ3) is 3.94. The maximum Gasteiger partial charge on any atom is 0.249 e. The van der Waals surface area contributed by atoms with Gasteiger partial charge in [0.15, 0.2) is 17.3 Å². The number of nitrogens with zero attached hydrogens (tertiary/aromatic N) is 3. The number of hydrogen-bond acceptors (Lipinski definition) is 7. The minimum absolute atomic E-state index is 0.391. The molecule has 0 aliphatic carbocycles. The van der Waals surface area contributed by atoms with E-state index >= 15 is 0 Å². The molecule has 0 bridgehead atoms. The number of aromatic nitrogens is 3. The highest BCUT2D eigenvalue weighted by molar-refractivity contribution is 6.30. The van der Waals surface area contributed by atoms with Gasteiger partial charge in [0.25, 0.3) is 0 Å². The monoisotopic (exact) mass is 369 g/mol. The Hall–Kier alpha value is -3.06. The van der Waals surface area contributed by atoms with Crippen LogP contribution in [0.3, 0.4) is 0 Å². The molecule has 0 unspecified atom stereocenters. The summed E-state index contributed by atoms with van der Waals surface area (Å²) in [7, 11) is 0. The number of rotatable bonds is 5. The topological polar surface area (TPSA) is 81.2 Å². The fourth-order valence-corrected chi connectivity index (χ4v) is 2.61. The van der Waals surface area contributed by atoms with E-state index in [1.54, 1.807) is 6.20 Å². The van der Waals surface area contributed by atoms with Crippen molar-refractivity contribution in [3.63, 3.8) is 0 Å². The molecule has 7 nitrogen and oxygen atoms in total. The smallest absolute Gasteiger partial charge is 0.249 e. The van der Waals surface area contributed by atoms with Crippen LogP contribution in [0.1, 0.15) is 5.56 Å². The van der Waals surface area contributed by atoms with Gasteiger partial charge in [-0.15, -0.1) is 5.10 Å². The SMILES string of the molecule is Clc1ccc(CNc2cnnc(Nc3ccc4c(c3)OCCO4)n2)cc1. The van der Waals surface area contributed by atoms with Gasteiger partial charge in [0.1, 0.15) is 13.2 Å². The average molecular weight is 370 g/mol. The number of halogens is 1. The van der Waals surface area contributed by atoms with Crippen LogP contribution in [0.15, 0.2) is 48.7 Å².